The molecule has 24 heavy (non-hydrogen) atoms. The van der Waals surface area contributed by atoms with Gasteiger partial charge in [0.25, 0.3) is 0 Å². The Balaban J connectivity index is 1.95. The molecule has 0 aromatic heterocycles. The fourth-order valence-corrected chi connectivity index (χ4v) is 2.61. The van der Waals surface area contributed by atoms with Crippen molar-refractivity contribution < 1.29 is 14.7 Å². The molecule has 4 heteroatoms. The van der Waals surface area contributed by atoms with Crippen LogP contribution in [-0.4, -0.2) is 17.0 Å². The zero-order valence-corrected chi connectivity index (χ0v) is 13.7. The zero-order chi connectivity index (χ0) is 17.2. The maximum atomic E-state index is 12.7. The number of amides is 1. The molecule has 0 saturated carbocycles. The van der Waals surface area contributed by atoms with E-state index < -0.39 is 5.97 Å². The van der Waals surface area contributed by atoms with E-state index in [1.54, 1.807) is 4.90 Å². The molecule has 0 aliphatic heterocycles. The smallest absolute Gasteiger partial charge is 0.303 e. The summed E-state index contributed by atoms with van der Waals surface area (Å²) in [6.07, 6.45) is 3.82. The van der Waals surface area contributed by atoms with Gasteiger partial charge in [-0.3, -0.25) is 14.5 Å². The molecule has 0 bridgehead atoms. The maximum Gasteiger partial charge on any atom is 0.303 e. The van der Waals surface area contributed by atoms with Crippen molar-refractivity contribution in [3.63, 3.8) is 0 Å². The number of benzene rings is 2. The van der Waals surface area contributed by atoms with E-state index in [2.05, 4.69) is 0 Å². The van der Waals surface area contributed by atoms with Gasteiger partial charge in [0, 0.05) is 24.2 Å². The number of carboxylic acid groups (broad SMARTS) is 1. The number of carbonyl (C=O) groups is 2. The summed E-state index contributed by atoms with van der Waals surface area (Å²) in [5.41, 5.74) is 1.72. The molecule has 0 aliphatic carbocycles. The third-order valence-electron chi connectivity index (χ3n) is 3.81. The molecule has 0 fully saturated rings. The number of carbonyl (C=O) groups excluding carboxylic acids is 1. The molecule has 0 radical (unpaired) electrons. The number of unbranched alkanes of at least 4 members (excludes halogenated alkanes) is 3. The summed E-state index contributed by atoms with van der Waals surface area (Å²) in [4.78, 5) is 24.9. The van der Waals surface area contributed by atoms with Gasteiger partial charge in [-0.2, -0.15) is 0 Å². The van der Waals surface area contributed by atoms with Crippen LogP contribution >= 0.6 is 0 Å². The van der Waals surface area contributed by atoms with E-state index in [0.29, 0.717) is 12.8 Å². The molecule has 0 saturated heterocycles. The Labute approximate surface area is 142 Å². The van der Waals surface area contributed by atoms with Crippen molar-refractivity contribution in [2.75, 3.05) is 4.90 Å². The minimum atomic E-state index is -0.759. The Morgan fingerprint density at radius 2 is 1.17 bits per heavy atom. The lowest BCUT2D eigenvalue weighted by atomic mass is 10.1. The van der Waals surface area contributed by atoms with Crippen molar-refractivity contribution in [3.05, 3.63) is 60.7 Å². The molecule has 0 heterocycles. The van der Waals surface area contributed by atoms with Gasteiger partial charge in [-0.15, -0.1) is 0 Å². The van der Waals surface area contributed by atoms with Crippen LogP contribution in [0.3, 0.4) is 0 Å². The van der Waals surface area contributed by atoms with E-state index in [9.17, 15) is 9.59 Å². The van der Waals surface area contributed by atoms with Gasteiger partial charge in [0.1, 0.15) is 0 Å². The lowest BCUT2D eigenvalue weighted by Crippen LogP contribution is -2.25. The summed E-state index contributed by atoms with van der Waals surface area (Å²) in [5, 5.41) is 8.62. The van der Waals surface area contributed by atoms with E-state index in [-0.39, 0.29) is 12.3 Å². The minimum absolute atomic E-state index is 0.0608. The Kier molecular flexibility index (Phi) is 7.02. The van der Waals surface area contributed by atoms with Gasteiger partial charge in [-0.25, -0.2) is 0 Å². The number of aliphatic carboxylic acids is 1. The fourth-order valence-electron chi connectivity index (χ4n) is 2.61. The largest absolute Gasteiger partial charge is 0.481 e. The van der Waals surface area contributed by atoms with E-state index in [1.807, 2.05) is 60.7 Å². The summed E-state index contributed by atoms with van der Waals surface area (Å²) in [7, 11) is 0. The van der Waals surface area contributed by atoms with Crippen LogP contribution in [0.2, 0.25) is 0 Å². The quantitative estimate of drug-likeness (QED) is 0.675. The molecule has 2 rings (SSSR count). The third kappa shape index (κ3) is 5.54. The second kappa shape index (κ2) is 9.50. The second-order valence-electron chi connectivity index (χ2n) is 5.71. The Morgan fingerprint density at radius 3 is 1.62 bits per heavy atom. The first kappa shape index (κ1) is 17.7. The van der Waals surface area contributed by atoms with Gasteiger partial charge in [0.15, 0.2) is 0 Å². The lowest BCUT2D eigenvalue weighted by Gasteiger charge is -2.23. The first-order valence-electron chi connectivity index (χ1n) is 8.33. The van der Waals surface area contributed by atoms with E-state index in [4.69, 9.17) is 5.11 Å². The summed E-state index contributed by atoms with van der Waals surface area (Å²) in [6, 6.07) is 19.3. The van der Waals surface area contributed by atoms with Crippen LogP contribution in [0, 0.1) is 0 Å². The number of hydrogen-bond donors (Lipinski definition) is 1. The van der Waals surface area contributed by atoms with Gasteiger partial charge in [0.2, 0.25) is 5.91 Å². The maximum absolute atomic E-state index is 12.7. The predicted octanol–water partition coefficient (Wildman–Crippen LogP) is 4.78. The molecule has 4 nitrogen and oxygen atoms in total. The highest BCUT2D eigenvalue weighted by molar-refractivity contribution is 6.00. The first-order chi connectivity index (χ1) is 11.7. The van der Waals surface area contributed by atoms with Gasteiger partial charge >= 0.3 is 5.97 Å². The van der Waals surface area contributed by atoms with Gasteiger partial charge < -0.3 is 5.11 Å². The van der Waals surface area contributed by atoms with Crippen LogP contribution in [-0.2, 0) is 9.59 Å². The van der Waals surface area contributed by atoms with Crippen molar-refractivity contribution in [2.24, 2.45) is 0 Å². The van der Waals surface area contributed by atoms with Crippen LogP contribution < -0.4 is 4.90 Å². The highest BCUT2D eigenvalue weighted by Crippen LogP contribution is 2.26. The summed E-state index contributed by atoms with van der Waals surface area (Å²) in [6.45, 7) is 0. The molecule has 0 spiro atoms. The second-order valence-corrected chi connectivity index (χ2v) is 5.71. The van der Waals surface area contributed by atoms with Crippen LogP contribution in [0.15, 0.2) is 60.7 Å². The van der Waals surface area contributed by atoms with Crippen LogP contribution in [0.4, 0.5) is 11.4 Å². The topological polar surface area (TPSA) is 57.6 Å². The zero-order valence-electron chi connectivity index (χ0n) is 13.7. The normalized spacial score (nSPS) is 10.3. The van der Waals surface area contributed by atoms with Crippen LogP contribution in [0.25, 0.3) is 0 Å². The van der Waals surface area contributed by atoms with E-state index in [0.717, 1.165) is 30.6 Å². The number of para-hydroxylation sites is 2. The lowest BCUT2D eigenvalue weighted by molar-refractivity contribution is -0.137. The van der Waals surface area contributed by atoms with E-state index in [1.165, 1.54) is 0 Å². The molecule has 0 unspecified atom stereocenters. The molecule has 2 aromatic rings. The molecule has 0 aliphatic rings. The SMILES string of the molecule is O=C(O)CCCCCCC(=O)N(c1ccccc1)c1ccccc1. The Hall–Kier alpha value is -2.62. The van der Waals surface area contributed by atoms with Crippen molar-refractivity contribution in [2.45, 2.75) is 38.5 Å². The standard InChI is InChI=1S/C20H23NO3/c22-19(15-9-1-2-10-16-20(23)24)21(17-11-5-3-6-12-17)18-13-7-4-8-14-18/h3-8,11-14H,1-2,9-10,15-16H2,(H,23,24). The van der Waals surface area contributed by atoms with Gasteiger partial charge in [0.05, 0.1) is 0 Å². The average Bonchev–Trinajstić information content (AvgIpc) is 2.60. The fraction of sp³-hybridized carbons (Fsp3) is 0.300. The number of carboxylic acids is 1. The Morgan fingerprint density at radius 1 is 0.708 bits per heavy atom. The predicted molar refractivity (Wildman–Crippen MR) is 95.4 cm³/mol. The molecular weight excluding hydrogens is 302 g/mol. The molecule has 0 atom stereocenters. The highest BCUT2D eigenvalue weighted by Gasteiger charge is 2.16. The number of nitrogens with zero attached hydrogens (tertiary/aromatic N) is 1. The molecule has 2 aromatic carbocycles. The van der Waals surface area contributed by atoms with Crippen molar-refractivity contribution in [1.29, 1.82) is 0 Å². The number of hydrogen-bond acceptors (Lipinski definition) is 2. The third-order valence-corrected chi connectivity index (χ3v) is 3.81. The summed E-state index contributed by atoms with van der Waals surface area (Å²) < 4.78 is 0. The molecule has 1 N–H and O–H groups in total. The molecular formula is C20H23NO3. The van der Waals surface area contributed by atoms with Crippen LogP contribution in [0.5, 0.6) is 0 Å². The number of anilines is 2. The van der Waals surface area contributed by atoms with E-state index >= 15 is 0 Å². The summed E-state index contributed by atoms with van der Waals surface area (Å²) >= 11 is 0. The monoisotopic (exact) mass is 325 g/mol. The summed E-state index contributed by atoms with van der Waals surface area (Å²) in [5.74, 6) is -0.698. The van der Waals surface area contributed by atoms with Gasteiger partial charge in [-0.05, 0) is 37.1 Å². The average molecular weight is 325 g/mol. The van der Waals surface area contributed by atoms with Crippen LogP contribution in [0.1, 0.15) is 38.5 Å². The first-order valence-corrected chi connectivity index (χ1v) is 8.33. The Bertz CT molecular complexity index is 601. The molecule has 1 amide bonds. The minimum Gasteiger partial charge on any atom is -0.481 e. The highest BCUT2D eigenvalue weighted by atomic mass is 16.4. The van der Waals surface area contributed by atoms with Crippen molar-refractivity contribution >= 4 is 23.3 Å². The van der Waals surface area contributed by atoms with Crippen molar-refractivity contribution in [1.82, 2.24) is 0 Å². The van der Waals surface area contributed by atoms with Crippen molar-refractivity contribution in [3.8, 4) is 0 Å². The van der Waals surface area contributed by atoms with Gasteiger partial charge in [-0.1, -0.05) is 49.2 Å². The molecule has 126 valence electrons. The number of rotatable bonds is 9.